The highest BCUT2D eigenvalue weighted by atomic mass is 35.5. The summed E-state index contributed by atoms with van der Waals surface area (Å²) in [5.74, 6) is 1.62. The van der Waals surface area contributed by atoms with E-state index in [1.165, 1.54) is 42.4 Å². The van der Waals surface area contributed by atoms with Gasteiger partial charge in [-0.25, -0.2) is 0 Å². The van der Waals surface area contributed by atoms with E-state index in [1.807, 2.05) is 0 Å². The third-order valence-electron chi connectivity index (χ3n) is 4.79. The van der Waals surface area contributed by atoms with E-state index in [4.69, 9.17) is 11.6 Å². The summed E-state index contributed by atoms with van der Waals surface area (Å²) in [5, 5.41) is 4.42. The monoisotopic (exact) mass is 279 g/mol. The van der Waals surface area contributed by atoms with Crippen molar-refractivity contribution in [2.45, 2.75) is 52.5 Å². The molecule has 0 bridgehead atoms. The van der Waals surface area contributed by atoms with Gasteiger partial charge in [0.2, 0.25) is 0 Å². The van der Waals surface area contributed by atoms with Gasteiger partial charge in [-0.05, 0) is 68.3 Å². The molecule has 106 valence electrons. The van der Waals surface area contributed by atoms with Crippen LogP contribution in [0.25, 0.3) is 0 Å². The summed E-state index contributed by atoms with van der Waals surface area (Å²) >= 11 is 6.48. The number of rotatable bonds is 3. The molecule has 0 heterocycles. The van der Waals surface area contributed by atoms with Crippen molar-refractivity contribution >= 4 is 11.6 Å². The van der Waals surface area contributed by atoms with E-state index in [9.17, 15) is 0 Å². The first-order valence-corrected chi connectivity index (χ1v) is 7.84. The smallest absolute Gasteiger partial charge is 0.0456 e. The van der Waals surface area contributed by atoms with Gasteiger partial charge in [0.05, 0.1) is 0 Å². The molecule has 1 unspecified atom stereocenters. The minimum atomic E-state index is 0.402. The maximum atomic E-state index is 6.48. The fourth-order valence-corrected chi connectivity index (χ4v) is 3.64. The van der Waals surface area contributed by atoms with Crippen LogP contribution in [0.15, 0.2) is 12.1 Å². The molecule has 1 aliphatic rings. The zero-order valence-corrected chi connectivity index (χ0v) is 13.3. The van der Waals surface area contributed by atoms with E-state index in [1.54, 1.807) is 0 Å². The Labute approximate surface area is 122 Å². The molecule has 0 saturated heterocycles. The number of benzene rings is 1. The van der Waals surface area contributed by atoms with Crippen LogP contribution in [0.4, 0.5) is 0 Å². The Morgan fingerprint density at radius 1 is 1.11 bits per heavy atom. The van der Waals surface area contributed by atoms with Crippen molar-refractivity contribution in [2.75, 3.05) is 7.05 Å². The minimum Gasteiger partial charge on any atom is -0.313 e. The highest BCUT2D eigenvalue weighted by Gasteiger charge is 2.27. The Kier molecular flexibility index (Phi) is 4.92. The zero-order chi connectivity index (χ0) is 14.0. The van der Waals surface area contributed by atoms with Crippen LogP contribution in [0.3, 0.4) is 0 Å². The van der Waals surface area contributed by atoms with E-state index >= 15 is 0 Å². The summed E-state index contributed by atoms with van der Waals surface area (Å²) in [4.78, 5) is 0. The fraction of sp³-hybridized carbons (Fsp3) is 0.647. The highest BCUT2D eigenvalue weighted by molar-refractivity contribution is 6.31. The van der Waals surface area contributed by atoms with Crippen LogP contribution in [0, 0.1) is 25.7 Å². The van der Waals surface area contributed by atoms with E-state index < -0.39 is 0 Å². The second-order valence-electron chi connectivity index (χ2n) is 6.24. The molecule has 1 atom stereocenters. The van der Waals surface area contributed by atoms with Crippen LogP contribution >= 0.6 is 11.6 Å². The minimum absolute atomic E-state index is 0.402. The van der Waals surface area contributed by atoms with Crippen LogP contribution < -0.4 is 5.32 Å². The molecule has 2 heteroatoms. The number of halogens is 1. The number of aryl methyl sites for hydroxylation is 2. The number of nitrogens with one attached hydrogen (secondary N) is 1. The molecule has 2 rings (SSSR count). The second kappa shape index (κ2) is 6.28. The van der Waals surface area contributed by atoms with Crippen LogP contribution in [0.5, 0.6) is 0 Å². The predicted octanol–water partition coefficient (Wildman–Crippen LogP) is 5.04. The van der Waals surface area contributed by atoms with Crippen LogP contribution in [0.2, 0.25) is 5.02 Å². The Hall–Kier alpha value is -0.530. The Bertz CT molecular complexity index is 433. The summed E-state index contributed by atoms with van der Waals surface area (Å²) < 4.78 is 0. The maximum absolute atomic E-state index is 6.48. The molecule has 0 spiro atoms. The average molecular weight is 280 g/mol. The Morgan fingerprint density at radius 3 is 2.26 bits per heavy atom. The molecule has 1 aromatic rings. The van der Waals surface area contributed by atoms with Gasteiger partial charge in [0, 0.05) is 11.1 Å². The molecule has 1 nitrogen and oxygen atoms in total. The molecule has 19 heavy (non-hydrogen) atoms. The molecule has 0 radical (unpaired) electrons. The van der Waals surface area contributed by atoms with Gasteiger partial charge < -0.3 is 5.32 Å². The fourth-order valence-electron chi connectivity index (χ4n) is 3.31. The van der Waals surface area contributed by atoms with Gasteiger partial charge in [0.1, 0.15) is 0 Å². The van der Waals surface area contributed by atoms with Crippen LogP contribution in [-0.4, -0.2) is 7.05 Å². The third-order valence-corrected chi connectivity index (χ3v) is 5.12. The lowest BCUT2D eigenvalue weighted by Crippen LogP contribution is -2.28. The van der Waals surface area contributed by atoms with Gasteiger partial charge in [-0.3, -0.25) is 0 Å². The molecular weight excluding hydrogens is 254 g/mol. The Morgan fingerprint density at radius 2 is 1.68 bits per heavy atom. The molecular formula is C17H26ClN. The maximum Gasteiger partial charge on any atom is 0.0456 e. The standard InChI is InChI=1S/C17H26ClN/c1-11-5-7-14(8-6-11)17(19-4)15-9-12(2)13(3)10-16(15)18/h9-11,14,17,19H,5-8H2,1-4H3. The predicted molar refractivity (Wildman–Crippen MR) is 83.8 cm³/mol. The lowest BCUT2D eigenvalue weighted by molar-refractivity contribution is 0.238. The van der Waals surface area contributed by atoms with E-state index in [-0.39, 0.29) is 0 Å². The molecule has 0 amide bonds. The van der Waals surface area contributed by atoms with Gasteiger partial charge in [-0.1, -0.05) is 37.4 Å². The van der Waals surface area contributed by atoms with Gasteiger partial charge in [0.15, 0.2) is 0 Å². The molecule has 1 fully saturated rings. The SMILES string of the molecule is CNC(c1cc(C)c(C)cc1Cl)C1CCC(C)CC1. The van der Waals surface area contributed by atoms with Gasteiger partial charge in [0.25, 0.3) is 0 Å². The molecule has 0 aromatic heterocycles. The van der Waals surface area contributed by atoms with E-state index in [0.717, 1.165) is 16.9 Å². The number of hydrogen-bond donors (Lipinski definition) is 1. The summed E-state index contributed by atoms with van der Waals surface area (Å²) in [5.41, 5.74) is 3.90. The molecule has 1 saturated carbocycles. The Balaban J connectivity index is 2.24. The second-order valence-corrected chi connectivity index (χ2v) is 6.65. The summed E-state index contributed by atoms with van der Waals surface area (Å²) in [6.45, 7) is 6.67. The first kappa shape index (κ1) is 14.9. The van der Waals surface area contributed by atoms with Gasteiger partial charge >= 0.3 is 0 Å². The van der Waals surface area contributed by atoms with Gasteiger partial charge in [-0.15, -0.1) is 0 Å². The largest absolute Gasteiger partial charge is 0.313 e. The average Bonchev–Trinajstić information content (AvgIpc) is 2.38. The van der Waals surface area contributed by atoms with Crippen LogP contribution in [-0.2, 0) is 0 Å². The van der Waals surface area contributed by atoms with Crippen LogP contribution in [0.1, 0.15) is 55.3 Å². The molecule has 1 N–H and O–H groups in total. The quantitative estimate of drug-likeness (QED) is 0.817. The van der Waals surface area contributed by atoms with Crippen molar-refractivity contribution in [3.8, 4) is 0 Å². The van der Waals surface area contributed by atoms with Crippen molar-refractivity contribution < 1.29 is 0 Å². The number of hydrogen-bond acceptors (Lipinski definition) is 1. The molecule has 1 aliphatic carbocycles. The van der Waals surface area contributed by atoms with E-state index in [2.05, 4.69) is 45.3 Å². The summed E-state index contributed by atoms with van der Waals surface area (Å²) in [6, 6.07) is 4.79. The van der Waals surface area contributed by atoms with Crippen molar-refractivity contribution in [3.63, 3.8) is 0 Å². The summed E-state index contributed by atoms with van der Waals surface area (Å²) in [6.07, 6.45) is 5.34. The highest BCUT2D eigenvalue weighted by Crippen LogP contribution is 2.39. The first-order valence-electron chi connectivity index (χ1n) is 7.46. The van der Waals surface area contributed by atoms with Crippen molar-refractivity contribution in [1.82, 2.24) is 5.32 Å². The zero-order valence-electron chi connectivity index (χ0n) is 12.6. The molecule has 0 aliphatic heterocycles. The first-order chi connectivity index (χ1) is 9.02. The van der Waals surface area contributed by atoms with E-state index in [0.29, 0.717) is 6.04 Å². The topological polar surface area (TPSA) is 12.0 Å². The third kappa shape index (κ3) is 3.32. The lowest BCUT2D eigenvalue weighted by Gasteiger charge is -2.33. The van der Waals surface area contributed by atoms with Gasteiger partial charge in [-0.2, -0.15) is 0 Å². The molecule has 1 aromatic carbocycles. The lowest BCUT2D eigenvalue weighted by atomic mass is 9.77. The van der Waals surface area contributed by atoms with Crippen molar-refractivity contribution in [1.29, 1.82) is 0 Å². The van der Waals surface area contributed by atoms with Crippen molar-refractivity contribution in [2.24, 2.45) is 11.8 Å². The normalized spacial score (nSPS) is 25.3. The van der Waals surface area contributed by atoms with Crippen molar-refractivity contribution in [3.05, 3.63) is 33.8 Å². The summed E-state index contributed by atoms with van der Waals surface area (Å²) in [7, 11) is 2.06.